The number of nitrogens with zero attached hydrogens (tertiary/aromatic N) is 5. The molecule has 2 aliphatic rings. The number of aliphatic imine (C=N–C) groups is 1. The van der Waals surface area contributed by atoms with Crippen LogP contribution in [0.3, 0.4) is 0 Å². The molecule has 1 amide bonds. The molecule has 3 rings (SSSR count). The van der Waals surface area contributed by atoms with Crippen LogP contribution in [-0.2, 0) is 7.05 Å². The molecule has 1 saturated heterocycles. The Morgan fingerprint density at radius 2 is 1.92 bits per heavy atom. The van der Waals surface area contributed by atoms with Crippen LogP contribution in [-0.4, -0.2) is 68.1 Å². The number of carbonyl (C=O) groups is 1. The fourth-order valence-electron chi connectivity index (χ4n) is 2.97. The summed E-state index contributed by atoms with van der Waals surface area (Å²) in [4.78, 5) is 21.7. The maximum atomic E-state index is 12.8. The number of aryl methyl sites for hydroxylation is 1. The third kappa shape index (κ3) is 3.45. The molecule has 1 aromatic heterocycles. The van der Waals surface area contributed by atoms with E-state index in [0.29, 0.717) is 11.6 Å². The van der Waals surface area contributed by atoms with Crippen LogP contribution in [0.15, 0.2) is 11.1 Å². The summed E-state index contributed by atoms with van der Waals surface area (Å²) < 4.78 is 1.91. The lowest BCUT2D eigenvalue weighted by Gasteiger charge is -2.35. The van der Waals surface area contributed by atoms with Crippen LogP contribution in [0.1, 0.15) is 49.8 Å². The second-order valence-electron chi connectivity index (χ2n) is 7.47. The van der Waals surface area contributed by atoms with Gasteiger partial charge in [-0.1, -0.05) is 25.6 Å². The Bertz CT molecular complexity index is 656. The Morgan fingerprint density at radius 1 is 1.25 bits per heavy atom. The Hall–Kier alpha value is -1.50. The van der Waals surface area contributed by atoms with Gasteiger partial charge < -0.3 is 9.80 Å². The van der Waals surface area contributed by atoms with Gasteiger partial charge in [-0.3, -0.25) is 14.5 Å². The summed E-state index contributed by atoms with van der Waals surface area (Å²) in [6, 6.07) is 1.93. The second kappa shape index (κ2) is 6.43. The minimum atomic E-state index is 0.0814. The normalized spacial score (nSPS) is 20.7. The quantitative estimate of drug-likeness (QED) is 0.821. The van der Waals surface area contributed by atoms with Gasteiger partial charge in [-0.25, -0.2) is 0 Å². The molecule has 0 unspecified atom stereocenters. The monoisotopic (exact) mass is 349 g/mol. The average Bonchev–Trinajstić information content (AvgIpc) is 3.09. The van der Waals surface area contributed by atoms with E-state index in [1.807, 2.05) is 29.8 Å². The van der Waals surface area contributed by atoms with Crippen LogP contribution in [0.5, 0.6) is 0 Å². The van der Waals surface area contributed by atoms with E-state index < -0.39 is 0 Å². The van der Waals surface area contributed by atoms with Crippen molar-refractivity contribution in [3.8, 4) is 0 Å². The molecule has 6 nitrogen and oxygen atoms in total. The van der Waals surface area contributed by atoms with Gasteiger partial charge in [0.05, 0.1) is 12.2 Å². The number of aromatic nitrogens is 2. The molecule has 0 spiro atoms. The predicted molar refractivity (Wildman–Crippen MR) is 98.7 cm³/mol. The molecule has 0 N–H and O–H groups in total. The minimum Gasteiger partial charge on any atom is -0.348 e. The highest BCUT2D eigenvalue weighted by Crippen LogP contribution is 2.33. The molecule has 1 fully saturated rings. The van der Waals surface area contributed by atoms with Gasteiger partial charge in [0.2, 0.25) is 0 Å². The Morgan fingerprint density at radius 3 is 2.42 bits per heavy atom. The predicted octanol–water partition coefficient (Wildman–Crippen LogP) is 2.18. The third-order valence-electron chi connectivity index (χ3n) is 4.51. The Kier molecular flexibility index (Phi) is 4.64. The highest BCUT2D eigenvalue weighted by molar-refractivity contribution is 8.15. The van der Waals surface area contributed by atoms with E-state index in [0.717, 1.165) is 43.6 Å². The van der Waals surface area contributed by atoms with E-state index in [1.165, 1.54) is 0 Å². The third-order valence-corrected chi connectivity index (χ3v) is 5.76. The number of thioether (sulfide) groups is 1. The molecule has 0 aliphatic carbocycles. The standard InChI is InChI=1S/C17H27N5OS/c1-12(2)13-10-14(20(5)19-13)15(23)21-6-8-22(9-7-21)16-18-11-17(3,4)24-16/h10,12H,6-9,11H2,1-5H3. The van der Waals surface area contributed by atoms with Crippen LogP contribution in [0.4, 0.5) is 0 Å². The zero-order valence-corrected chi connectivity index (χ0v) is 16.1. The molecule has 132 valence electrons. The maximum absolute atomic E-state index is 12.8. The molecule has 1 aromatic rings. The van der Waals surface area contributed by atoms with Crippen molar-refractivity contribution in [2.45, 2.75) is 38.4 Å². The largest absolute Gasteiger partial charge is 0.348 e. The van der Waals surface area contributed by atoms with Crippen molar-refractivity contribution in [3.05, 3.63) is 17.5 Å². The summed E-state index contributed by atoms with van der Waals surface area (Å²) in [6.07, 6.45) is 0. The van der Waals surface area contributed by atoms with E-state index in [2.05, 4.69) is 42.7 Å². The molecule has 24 heavy (non-hydrogen) atoms. The molecule has 0 aromatic carbocycles. The summed E-state index contributed by atoms with van der Waals surface area (Å²) in [5.74, 6) is 0.410. The van der Waals surface area contributed by atoms with E-state index in [4.69, 9.17) is 0 Å². The van der Waals surface area contributed by atoms with Crippen LogP contribution in [0.2, 0.25) is 0 Å². The molecule has 0 saturated carbocycles. The van der Waals surface area contributed by atoms with E-state index >= 15 is 0 Å². The lowest BCUT2D eigenvalue weighted by atomic mass is 10.1. The molecule has 0 atom stereocenters. The van der Waals surface area contributed by atoms with Crippen LogP contribution in [0, 0.1) is 0 Å². The molecule has 2 aliphatic heterocycles. The van der Waals surface area contributed by atoms with Crippen molar-refractivity contribution in [3.63, 3.8) is 0 Å². The van der Waals surface area contributed by atoms with Crippen molar-refractivity contribution in [2.75, 3.05) is 32.7 Å². The van der Waals surface area contributed by atoms with Crippen molar-refractivity contribution in [1.29, 1.82) is 0 Å². The van der Waals surface area contributed by atoms with Gasteiger partial charge in [0.1, 0.15) is 5.69 Å². The highest BCUT2D eigenvalue weighted by atomic mass is 32.2. The van der Waals surface area contributed by atoms with Crippen LogP contribution in [0.25, 0.3) is 0 Å². The number of carbonyl (C=O) groups excluding carboxylic acids is 1. The summed E-state index contributed by atoms with van der Waals surface area (Å²) >= 11 is 1.85. The van der Waals surface area contributed by atoms with Gasteiger partial charge in [-0.15, -0.1) is 0 Å². The lowest BCUT2D eigenvalue weighted by molar-refractivity contribution is 0.0682. The molecule has 7 heteroatoms. The number of hydrogen-bond acceptors (Lipinski definition) is 5. The second-order valence-corrected chi connectivity index (χ2v) is 9.15. The average molecular weight is 350 g/mol. The fourth-order valence-corrected chi connectivity index (χ4v) is 4.03. The fraction of sp³-hybridized carbons (Fsp3) is 0.706. The summed E-state index contributed by atoms with van der Waals surface area (Å²) in [5, 5.41) is 5.59. The van der Waals surface area contributed by atoms with E-state index in [1.54, 1.807) is 4.68 Å². The van der Waals surface area contributed by atoms with Gasteiger partial charge in [-0.2, -0.15) is 5.10 Å². The molecular weight excluding hydrogens is 322 g/mol. The molecular formula is C17H27N5OS. The first-order chi connectivity index (χ1) is 11.3. The zero-order chi connectivity index (χ0) is 17.5. The Balaban J connectivity index is 1.62. The SMILES string of the molecule is CC(C)c1cc(C(=O)N2CCN(C3=NCC(C)(C)S3)CC2)n(C)n1. The zero-order valence-electron chi connectivity index (χ0n) is 15.2. The first-order valence-corrected chi connectivity index (χ1v) is 9.40. The maximum Gasteiger partial charge on any atom is 0.272 e. The number of rotatable bonds is 2. The van der Waals surface area contributed by atoms with Gasteiger partial charge in [0, 0.05) is 38.0 Å². The van der Waals surface area contributed by atoms with Crippen molar-refractivity contribution < 1.29 is 4.79 Å². The summed E-state index contributed by atoms with van der Waals surface area (Å²) in [6.45, 7) is 12.7. The van der Waals surface area contributed by atoms with Gasteiger partial charge in [0.25, 0.3) is 5.91 Å². The number of amides is 1. The molecule has 0 bridgehead atoms. The smallest absolute Gasteiger partial charge is 0.272 e. The Labute approximate surface area is 148 Å². The lowest BCUT2D eigenvalue weighted by Crippen LogP contribution is -2.50. The number of amidine groups is 1. The topological polar surface area (TPSA) is 53.7 Å². The van der Waals surface area contributed by atoms with Crippen LogP contribution >= 0.6 is 11.8 Å². The number of hydrogen-bond donors (Lipinski definition) is 0. The first-order valence-electron chi connectivity index (χ1n) is 8.58. The molecule has 0 radical (unpaired) electrons. The van der Waals surface area contributed by atoms with Crippen molar-refractivity contribution >= 4 is 22.8 Å². The van der Waals surface area contributed by atoms with Gasteiger partial charge in [0.15, 0.2) is 5.17 Å². The van der Waals surface area contributed by atoms with Crippen molar-refractivity contribution in [2.24, 2.45) is 12.0 Å². The summed E-state index contributed by atoms with van der Waals surface area (Å²) in [7, 11) is 1.85. The van der Waals surface area contributed by atoms with E-state index in [9.17, 15) is 4.79 Å². The summed E-state index contributed by atoms with van der Waals surface area (Å²) in [5.41, 5.74) is 1.65. The van der Waals surface area contributed by atoms with Crippen LogP contribution < -0.4 is 0 Å². The van der Waals surface area contributed by atoms with Crippen molar-refractivity contribution in [1.82, 2.24) is 19.6 Å². The van der Waals surface area contributed by atoms with Gasteiger partial charge in [-0.05, 0) is 25.8 Å². The first kappa shape index (κ1) is 17.3. The molecule has 3 heterocycles. The number of piperazine rings is 1. The van der Waals surface area contributed by atoms with Gasteiger partial charge >= 0.3 is 0 Å². The highest BCUT2D eigenvalue weighted by Gasteiger charge is 2.32. The van der Waals surface area contributed by atoms with E-state index in [-0.39, 0.29) is 10.7 Å². The minimum absolute atomic E-state index is 0.0814.